The number of methoxy groups -OCH3 is 2. The van der Waals surface area contributed by atoms with Crippen molar-refractivity contribution >= 4 is 23.3 Å². The van der Waals surface area contributed by atoms with Gasteiger partial charge in [0, 0.05) is 23.4 Å². The molecule has 0 saturated carbocycles. The Bertz CT molecular complexity index is 1020. The Morgan fingerprint density at radius 3 is 2.74 bits per heavy atom. The van der Waals surface area contributed by atoms with Crippen LogP contribution in [0, 0.1) is 0 Å². The number of hydrogen-bond donors (Lipinski definition) is 1. The molecule has 3 aromatic rings. The standard InChI is InChI=1S/C20H18ClN3O3/c1-26-12-7-8-16(17(9-12)27-2)24-11-22-19-14(10-18(25)23-20(19)24)13-5-3-4-6-15(13)21/h3-9,11,14H,10H2,1-2H3,(H,23,25). The van der Waals surface area contributed by atoms with Crippen LogP contribution in [-0.2, 0) is 4.79 Å². The van der Waals surface area contributed by atoms with Crippen LogP contribution in [0.15, 0.2) is 48.8 Å². The molecule has 2 aromatic carbocycles. The number of carbonyl (C=O) groups is 1. The number of ether oxygens (including phenoxy) is 2. The van der Waals surface area contributed by atoms with Crippen LogP contribution in [-0.4, -0.2) is 29.7 Å². The van der Waals surface area contributed by atoms with E-state index in [1.54, 1.807) is 26.6 Å². The predicted molar refractivity (Wildman–Crippen MR) is 103 cm³/mol. The van der Waals surface area contributed by atoms with Crippen molar-refractivity contribution in [3.8, 4) is 17.2 Å². The number of nitrogens with zero attached hydrogens (tertiary/aromatic N) is 2. The Balaban J connectivity index is 1.84. The second-order valence-electron chi connectivity index (χ2n) is 6.21. The maximum absolute atomic E-state index is 12.4. The minimum Gasteiger partial charge on any atom is -0.497 e. The molecule has 1 atom stereocenters. The molecule has 4 rings (SSSR count). The number of imidazole rings is 1. The van der Waals surface area contributed by atoms with E-state index in [4.69, 9.17) is 21.1 Å². The summed E-state index contributed by atoms with van der Waals surface area (Å²) in [6.07, 6.45) is 1.98. The second-order valence-corrected chi connectivity index (χ2v) is 6.62. The van der Waals surface area contributed by atoms with Crippen LogP contribution >= 0.6 is 11.6 Å². The number of benzene rings is 2. The van der Waals surface area contributed by atoms with Crippen LogP contribution in [0.1, 0.15) is 23.6 Å². The molecule has 0 aliphatic carbocycles. The van der Waals surface area contributed by atoms with Crippen molar-refractivity contribution in [1.82, 2.24) is 9.55 Å². The van der Waals surface area contributed by atoms with Crippen molar-refractivity contribution in [2.45, 2.75) is 12.3 Å². The van der Waals surface area contributed by atoms with Gasteiger partial charge < -0.3 is 14.8 Å². The molecule has 2 heterocycles. The van der Waals surface area contributed by atoms with Crippen LogP contribution in [0.2, 0.25) is 5.02 Å². The number of anilines is 1. The van der Waals surface area contributed by atoms with E-state index in [-0.39, 0.29) is 11.8 Å². The van der Waals surface area contributed by atoms with E-state index in [0.29, 0.717) is 28.8 Å². The number of amides is 1. The number of rotatable bonds is 4. The van der Waals surface area contributed by atoms with Crippen LogP contribution in [0.25, 0.3) is 5.69 Å². The van der Waals surface area contributed by atoms with Gasteiger partial charge in [-0.3, -0.25) is 9.36 Å². The normalized spacial score (nSPS) is 15.8. The summed E-state index contributed by atoms with van der Waals surface area (Å²) in [5.41, 5.74) is 2.43. The lowest BCUT2D eigenvalue weighted by Crippen LogP contribution is -2.25. The van der Waals surface area contributed by atoms with Gasteiger partial charge in [0.25, 0.3) is 0 Å². The molecule has 7 heteroatoms. The summed E-state index contributed by atoms with van der Waals surface area (Å²) < 4.78 is 12.6. The molecule has 1 aromatic heterocycles. The Hall–Kier alpha value is -2.99. The Morgan fingerprint density at radius 2 is 2.00 bits per heavy atom. The number of halogens is 1. The molecule has 1 unspecified atom stereocenters. The fourth-order valence-electron chi connectivity index (χ4n) is 3.39. The van der Waals surface area contributed by atoms with Gasteiger partial charge in [0.1, 0.15) is 23.6 Å². The first-order valence-electron chi connectivity index (χ1n) is 8.46. The summed E-state index contributed by atoms with van der Waals surface area (Å²) in [4.78, 5) is 17.0. The number of aromatic nitrogens is 2. The van der Waals surface area contributed by atoms with Gasteiger partial charge in [0.2, 0.25) is 5.91 Å². The van der Waals surface area contributed by atoms with Gasteiger partial charge in [0.15, 0.2) is 0 Å². The lowest BCUT2D eigenvalue weighted by Gasteiger charge is -2.24. The number of carbonyl (C=O) groups excluding carboxylic acids is 1. The van der Waals surface area contributed by atoms with Crippen LogP contribution in [0.3, 0.4) is 0 Å². The SMILES string of the molecule is COc1ccc(-n2cnc3c2NC(=O)CC3c2ccccc2Cl)c(OC)c1. The molecular weight excluding hydrogens is 366 g/mol. The molecular formula is C20H18ClN3O3. The Morgan fingerprint density at radius 1 is 1.19 bits per heavy atom. The average Bonchev–Trinajstić information content (AvgIpc) is 3.10. The maximum atomic E-state index is 12.4. The molecule has 6 nitrogen and oxygen atoms in total. The summed E-state index contributed by atoms with van der Waals surface area (Å²) in [5, 5.41) is 3.56. The fraction of sp³-hybridized carbons (Fsp3) is 0.200. The monoisotopic (exact) mass is 383 g/mol. The van der Waals surface area contributed by atoms with Crippen molar-refractivity contribution in [3.63, 3.8) is 0 Å². The van der Waals surface area contributed by atoms with Gasteiger partial charge in [-0.15, -0.1) is 0 Å². The first-order chi connectivity index (χ1) is 13.1. The highest BCUT2D eigenvalue weighted by molar-refractivity contribution is 6.31. The summed E-state index contributed by atoms with van der Waals surface area (Å²) in [6.45, 7) is 0. The van der Waals surface area contributed by atoms with Crippen molar-refractivity contribution in [1.29, 1.82) is 0 Å². The van der Waals surface area contributed by atoms with E-state index >= 15 is 0 Å². The van der Waals surface area contributed by atoms with E-state index in [2.05, 4.69) is 10.3 Å². The smallest absolute Gasteiger partial charge is 0.226 e. The molecule has 0 saturated heterocycles. The third kappa shape index (κ3) is 3.02. The van der Waals surface area contributed by atoms with Gasteiger partial charge >= 0.3 is 0 Å². The molecule has 27 heavy (non-hydrogen) atoms. The van der Waals surface area contributed by atoms with Gasteiger partial charge in [-0.1, -0.05) is 29.8 Å². The molecule has 0 fully saturated rings. The van der Waals surface area contributed by atoms with Crippen molar-refractivity contribution in [2.75, 3.05) is 19.5 Å². The van der Waals surface area contributed by atoms with Gasteiger partial charge in [-0.25, -0.2) is 4.98 Å². The first-order valence-corrected chi connectivity index (χ1v) is 8.84. The molecule has 0 radical (unpaired) electrons. The van der Waals surface area contributed by atoms with Crippen LogP contribution in [0.5, 0.6) is 11.5 Å². The number of nitrogens with one attached hydrogen (secondary N) is 1. The first kappa shape index (κ1) is 17.4. The summed E-state index contributed by atoms with van der Waals surface area (Å²) in [5.74, 6) is 1.64. The van der Waals surface area contributed by atoms with E-state index in [1.165, 1.54) is 0 Å². The largest absolute Gasteiger partial charge is 0.497 e. The lowest BCUT2D eigenvalue weighted by molar-refractivity contribution is -0.116. The lowest BCUT2D eigenvalue weighted by atomic mass is 9.90. The number of fused-ring (bicyclic) bond motifs is 1. The van der Waals surface area contributed by atoms with Crippen LogP contribution < -0.4 is 14.8 Å². The minimum absolute atomic E-state index is 0.0818. The quantitative estimate of drug-likeness (QED) is 0.739. The number of hydrogen-bond acceptors (Lipinski definition) is 4. The zero-order chi connectivity index (χ0) is 19.0. The predicted octanol–water partition coefficient (Wildman–Crippen LogP) is 4.02. The summed E-state index contributed by atoms with van der Waals surface area (Å²) in [7, 11) is 3.19. The molecule has 1 aliphatic rings. The van der Waals surface area contributed by atoms with Gasteiger partial charge in [0.05, 0.1) is 25.6 Å². The molecule has 0 bridgehead atoms. The Labute approximate surface area is 161 Å². The van der Waals surface area contributed by atoms with Gasteiger partial charge in [-0.05, 0) is 23.8 Å². The molecule has 138 valence electrons. The summed E-state index contributed by atoms with van der Waals surface area (Å²) in [6, 6.07) is 13.0. The van der Waals surface area contributed by atoms with Crippen molar-refractivity contribution < 1.29 is 14.3 Å². The average molecular weight is 384 g/mol. The molecule has 1 aliphatic heterocycles. The van der Waals surface area contributed by atoms with Crippen molar-refractivity contribution in [2.24, 2.45) is 0 Å². The molecule has 0 spiro atoms. The molecule has 1 N–H and O–H groups in total. The molecule has 1 amide bonds. The maximum Gasteiger partial charge on any atom is 0.226 e. The van der Waals surface area contributed by atoms with E-state index in [0.717, 1.165) is 16.9 Å². The highest BCUT2D eigenvalue weighted by Gasteiger charge is 2.32. The minimum atomic E-state index is -0.201. The third-order valence-electron chi connectivity index (χ3n) is 4.70. The highest BCUT2D eigenvalue weighted by atomic mass is 35.5. The van der Waals surface area contributed by atoms with E-state index in [1.807, 2.05) is 41.0 Å². The van der Waals surface area contributed by atoms with E-state index in [9.17, 15) is 4.79 Å². The second kappa shape index (κ2) is 6.96. The zero-order valence-electron chi connectivity index (χ0n) is 14.9. The highest BCUT2D eigenvalue weighted by Crippen LogP contribution is 2.41. The van der Waals surface area contributed by atoms with Gasteiger partial charge in [-0.2, -0.15) is 0 Å². The van der Waals surface area contributed by atoms with Crippen LogP contribution in [0.4, 0.5) is 5.82 Å². The van der Waals surface area contributed by atoms with E-state index < -0.39 is 0 Å². The zero-order valence-corrected chi connectivity index (χ0v) is 15.7. The van der Waals surface area contributed by atoms with Crippen molar-refractivity contribution in [3.05, 3.63) is 65.1 Å². The third-order valence-corrected chi connectivity index (χ3v) is 5.04. The summed E-state index contributed by atoms with van der Waals surface area (Å²) >= 11 is 6.38. The fourth-order valence-corrected chi connectivity index (χ4v) is 3.66. The Kier molecular flexibility index (Phi) is 4.49. The topological polar surface area (TPSA) is 65.4 Å².